The van der Waals surface area contributed by atoms with Crippen LogP contribution in [0.3, 0.4) is 0 Å². The summed E-state index contributed by atoms with van der Waals surface area (Å²) >= 11 is 0. The van der Waals surface area contributed by atoms with Crippen molar-refractivity contribution in [2.75, 3.05) is 24.2 Å². The summed E-state index contributed by atoms with van der Waals surface area (Å²) in [6, 6.07) is 17.9. The summed E-state index contributed by atoms with van der Waals surface area (Å²) < 4.78 is 25.5. The van der Waals surface area contributed by atoms with E-state index < -0.39 is 10.0 Å². The van der Waals surface area contributed by atoms with Crippen molar-refractivity contribution < 1.29 is 8.42 Å². The van der Waals surface area contributed by atoms with E-state index in [9.17, 15) is 8.42 Å². The van der Waals surface area contributed by atoms with Gasteiger partial charge in [0.25, 0.3) is 0 Å². The number of nitrogens with zero attached hydrogens (tertiary/aromatic N) is 1. The Hall–Kier alpha value is -1.65. The Morgan fingerprint density at radius 1 is 1.00 bits per heavy atom. The van der Waals surface area contributed by atoms with Gasteiger partial charge in [-0.15, -0.1) is 24.0 Å². The zero-order valence-corrected chi connectivity index (χ0v) is 18.8. The van der Waals surface area contributed by atoms with Crippen LogP contribution in [0.25, 0.3) is 0 Å². The van der Waals surface area contributed by atoms with Crippen molar-refractivity contribution in [3.63, 3.8) is 0 Å². The summed E-state index contributed by atoms with van der Waals surface area (Å²) in [6.45, 7) is 4.93. The van der Waals surface area contributed by atoms with Gasteiger partial charge in [-0.1, -0.05) is 48.0 Å². The minimum atomic E-state index is -3.19. The number of guanidine groups is 1. The first-order chi connectivity index (χ1) is 12.5. The first kappa shape index (κ1) is 23.4. The summed E-state index contributed by atoms with van der Waals surface area (Å²) in [7, 11) is -3.19. The number of rotatable bonds is 8. The number of hydrogen-bond acceptors (Lipinski definition) is 3. The van der Waals surface area contributed by atoms with Gasteiger partial charge in [-0.05, 0) is 31.5 Å². The third-order valence-corrected chi connectivity index (χ3v) is 5.10. The Morgan fingerprint density at radius 2 is 1.67 bits per heavy atom. The van der Waals surface area contributed by atoms with Gasteiger partial charge in [-0.25, -0.2) is 18.1 Å². The highest BCUT2D eigenvalue weighted by Crippen LogP contribution is 2.07. The Kier molecular flexibility index (Phi) is 10.3. The molecule has 2 rings (SSSR count). The van der Waals surface area contributed by atoms with Crippen molar-refractivity contribution in [1.29, 1.82) is 0 Å². The third kappa shape index (κ3) is 9.21. The van der Waals surface area contributed by atoms with E-state index in [-0.39, 0.29) is 29.7 Å². The van der Waals surface area contributed by atoms with Gasteiger partial charge >= 0.3 is 0 Å². The smallest absolute Gasteiger partial charge is 0.211 e. The topological polar surface area (TPSA) is 82.6 Å². The van der Waals surface area contributed by atoms with Crippen molar-refractivity contribution in [3.8, 4) is 0 Å². The monoisotopic (exact) mass is 502 g/mol. The predicted octanol–water partition coefficient (Wildman–Crippen LogP) is 3.11. The molecule has 148 valence electrons. The van der Waals surface area contributed by atoms with Gasteiger partial charge < -0.3 is 10.6 Å². The van der Waals surface area contributed by atoms with E-state index in [1.54, 1.807) is 6.92 Å². The van der Waals surface area contributed by atoms with Gasteiger partial charge in [0.05, 0.1) is 12.3 Å². The Bertz CT molecular complexity index is 809. The summed E-state index contributed by atoms with van der Waals surface area (Å²) in [5.74, 6) is 0.677. The van der Waals surface area contributed by atoms with E-state index in [4.69, 9.17) is 0 Å². The van der Waals surface area contributed by atoms with Gasteiger partial charge in [0.2, 0.25) is 10.0 Å². The molecule has 0 radical (unpaired) electrons. The van der Waals surface area contributed by atoms with E-state index in [1.807, 2.05) is 49.4 Å². The fraction of sp³-hybridized carbons (Fsp3) is 0.316. The maximum atomic E-state index is 11.5. The molecule has 2 aromatic rings. The van der Waals surface area contributed by atoms with Crippen LogP contribution < -0.4 is 15.4 Å². The number of nitrogens with one attached hydrogen (secondary N) is 3. The molecule has 0 spiro atoms. The first-order valence-corrected chi connectivity index (χ1v) is 10.3. The van der Waals surface area contributed by atoms with Crippen molar-refractivity contribution >= 4 is 45.6 Å². The van der Waals surface area contributed by atoms with Crippen molar-refractivity contribution in [3.05, 3.63) is 65.7 Å². The molecule has 3 N–H and O–H groups in total. The third-order valence-electron chi connectivity index (χ3n) is 3.70. The van der Waals surface area contributed by atoms with Gasteiger partial charge in [0.15, 0.2) is 5.96 Å². The predicted molar refractivity (Wildman–Crippen MR) is 123 cm³/mol. The van der Waals surface area contributed by atoms with Crippen LogP contribution in [0, 0.1) is 6.92 Å². The molecule has 0 heterocycles. The van der Waals surface area contributed by atoms with Gasteiger partial charge in [0, 0.05) is 18.8 Å². The van der Waals surface area contributed by atoms with E-state index in [2.05, 4.69) is 32.5 Å². The van der Waals surface area contributed by atoms with Crippen LogP contribution in [-0.2, 0) is 16.6 Å². The first-order valence-electron chi connectivity index (χ1n) is 8.62. The van der Waals surface area contributed by atoms with E-state index in [0.717, 1.165) is 11.3 Å². The Labute approximate surface area is 178 Å². The maximum Gasteiger partial charge on any atom is 0.211 e. The van der Waals surface area contributed by atoms with Crippen LogP contribution in [0.5, 0.6) is 0 Å². The maximum absolute atomic E-state index is 11.5. The number of halogens is 1. The minimum Gasteiger partial charge on any atom is -0.355 e. The molecule has 2 aromatic carbocycles. The zero-order chi connectivity index (χ0) is 18.8. The second-order valence-corrected chi connectivity index (χ2v) is 7.96. The van der Waals surface area contributed by atoms with E-state index >= 15 is 0 Å². The molecule has 27 heavy (non-hydrogen) atoms. The molecule has 6 nitrogen and oxygen atoms in total. The van der Waals surface area contributed by atoms with Crippen molar-refractivity contribution in [2.45, 2.75) is 20.4 Å². The quantitative estimate of drug-likeness (QED) is 0.224. The number of para-hydroxylation sites is 1. The minimum absolute atomic E-state index is 0. The van der Waals surface area contributed by atoms with Crippen LogP contribution in [0.15, 0.2) is 59.6 Å². The second kappa shape index (κ2) is 11.9. The fourth-order valence-electron chi connectivity index (χ4n) is 2.15. The molecule has 0 unspecified atom stereocenters. The van der Waals surface area contributed by atoms with Crippen LogP contribution in [0.4, 0.5) is 5.69 Å². The average Bonchev–Trinajstić information content (AvgIpc) is 2.65. The fourth-order valence-corrected chi connectivity index (χ4v) is 2.77. The van der Waals surface area contributed by atoms with Gasteiger partial charge in [0.1, 0.15) is 0 Å². The Morgan fingerprint density at radius 3 is 2.30 bits per heavy atom. The summed E-state index contributed by atoms with van der Waals surface area (Å²) in [4.78, 5) is 4.59. The molecule has 0 saturated carbocycles. The highest BCUT2D eigenvalue weighted by Gasteiger charge is 2.05. The molecule has 8 heteroatoms. The number of sulfonamides is 1. The molecule has 0 fully saturated rings. The molecule has 0 saturated heterocycles. The molecular weight excluding hydrogens is 475 g/mol. The Balaban J connectivity index is 0.00000364. The molecule has 0 aliphatic rings. The zero-order valence-electron chi connectivity index (χ0n) is 15.6. The van der Waals surface area contributed by atoms with Crippen LogP contribution in [0.1, 0.15) is 18.1 Å². The lowest BCUT2D eigenvalue weighted by Gasteiger charge is -2.13. The number of aryl methyl sites for hydroxylation is 1. The lowest BCUT2D eigenvalue weighted by molar-refractivity contribution is 0.582. The van der Waals surface area contributed by atoms with Crippen molar-refractivity contribution in [2.24, 2.45) is 4.99 Å². The number of aliphatic imine (C=N–C) groups is 1. The molecule has 0 aromatic heterocycles. The van der Waals surface area contributed by atoms with Gasteiger partial charge in [-0.2, -0.15) is 0 Å². The standard InChI is InChI=1S/C19H26N4O2S.HI/c1-3-26(24,25)22-14-13-20-19(23-18-7-5-4-6-8-18)21-15-17-11-9-16(2)10-12-17;/h4-12,22H,3,13-15H2,1-2H3,(H2,20,21,23);1H. The lowest BCUT2D eigenvalue weighted by Crippen LogP contribution is -2.38. The highest BCUT2D eigenvalue weighted by atomic mass is 127. The molecule has 0 aliphatic heterocycles. The summed E-state index contributed by atoms with van der Waals surface area (Å²) in [5, 5.41) is 6.39. The summed E-state index contributed by atoms with van der Waals surface area (Å²) in [6.07, 6.45) is 0. The van der Waals surface area contributed by atoms with E-state index in [0.29, 0.717) is 25.6 Å². The number of benzene rings is 2. The molecule has 0 bridgehead atoms. The lowest BCUT2D eigenvalue weighted by atomic mass is 10.1. The molecular formula is C19H27IN4O2S. The molecule has 0 atom stereocenters. The SMILES string of the molecule is CCS(=O)(=O)NCCNC(=NCc1ccc(C)cc1)Nc1ccccc1.I. The summed E-state index contributed by atoms with van der Waals surface area (Å²) in [5.41, 5.74) is 3.23. The molecule has 0 amide bonds. The van der Waals surface area contributed by atoms with Crippen LogP contribution in [0.2, 0.25) is 0 Å². The highest BCUT2D eigenvalue weighted by molar-refractivity contribution is 14.0. The normalized spacial score (nSPS) is 11.6. The molecule has 0 aliphatic carbocycles. The van der Waals surface area contributed by atoms with Gasteiger partial charge in [-0.3, -0.25) is 0 Å². The van der Waals surface area contributed by atoms with Crippen LogP contribution >= 0.6 is 24.0 Å². The van der Waals surface area contributed by atoms with Crippen LogP contribution in [-0.4, -0.2) is 33.2 Å². The van der Waals surface area contributed by atoms with Crippen molar-refractivity contribution in [1.82, 2.24) is 10.0 Å². The largest absolute Gasteiger partial charge is 0.355 e. The second-order valence-electron chi connectivity index (χ2n) is 5.87. The van der Waals surface area contributed by atoms with E-state index in [1.165, 1.54) is 5.56 Å². The average molecular weight is 502 g/mol. The number of hydrogen-bond donors (Lipinski definition) is 3. The number of anilines is 1.